The van der Waals surface area contributed by atoms with Gasteiger partial charge in [-0.25, -0.2) is 0 Å². The Labute approximate surface area is 125 Å². The molecule has 0 amide bonds. The van der Waals surface area contributed by atoms with E-state index in [9.17, 15) is 0 Å². The zero-order valence-electron chi connectivity index (χ0n) is 12.7. The average molecular weight is 285 g/mol. The monoisotopic (exact) mass is 285 g/mol. The number of ether oxygens (including phenoxy) is 1. The van der Waals surface area contributed by atoms with Gasteiger partial charge in [0.05, 0.1) is 11.8 Å². The van der Waals surface area contributed by atoms with Crippen molar-refractivity contribution in [3.05, 3.63) is 52.8 Å². The lowest BCUT2D eigenvalue weighted by Gasteiger charge is -2.19. The van der Waals surface area contributed by atoms with E-state index in [-0.39, 0.29) is 6.10 Å². The Hall–Kier alpha value is -1.65. The fourth-order valence-electron chi connectivity index (χ4n) is 3.07. The SMILES string of the molecule is Cc1n[nH]c(C)c1CNC[C@H]1CCO[C@@H]1c1ccccc1. The molecule has 3 rings (SSSR count). The first-order valence-corrected chi connectivity index (χ1v) is 7.63. The first-order chi connectivity index (χ1) is 10.3. The summed E-state index contributed by atoms with van der Waals surface area (Å²) in [6.45, 7) is 6.82. The number of hydrogen-bond donors (Lipinski definition) is 2. The van der Waals surface area contributed by atoms with E-state index >= 15 is 0 Å². The van der Waals surface area contributed by atoms with Crippen molar-refractivity contribution < 1.29 is 4.74 Å². The van der Waals surface area contributed by atoms with E-state index in [1.54, 1.807) is 0 Å². The van der Waals surface area contributed by atoms with Crippen LogP contribution < -0.4 is 5.32 Å². The second-order valence-corrected chi connectivity index (χ2v) is 5.79. The van der Waals surface area contributed by atoms with E-state index in [2.05, 4.69) is 52.8 Å². The van der Waals surface area contributed by atoms with Crippen LogP contribution in [0.3, 0.4) is 0 Å². The van der Waals surface area contributed by atoms with Crippen molar-refractivity contribution in [2.75, 3.05) is 13.2 Å². The zero-order valence-corrected chi connectivity index (χ0v) is 12.7. The minimum atomic E-state index is 0.227. The van der Waals surface area contributed by atoms with Gasteiger partial charge in [-0.3, -0.25) is 5.10 Å². The minimum Gasteiger partial charge on any atom is -0.373 e. The number of nitrogens with zero attached hydrogens (tertiary/aromatic N) is 1. The van der Waals surface area contributed by atoms with Gasteiger partial charge in [-0.05, 0) is 25.8 Å². The van der Waals surface area contributed by atoms with Crippen molar-refractivity contribution >= 4 is 0 Å². The summed E-state index contributed by atoms with van der Waals surface area (Å²) in [5.74, 6) is 0.542. The molecule has 4 heteroatoms. The maximum absolute atomic E-state index is 5.93. The van der Waals surface area contributed by atoms with Crippen molar-refractivity contribution in [2.45, 2.75) is 32.9 Å². The highest BCUT2D eigenvalue weighted by molar-refractivity contribution is 5.23. The Kier molecular flexibility index (Phi) is 4.36. The molecule has 2 atom stereocenters. The molecule has 1 fully saturated rings. The molecular weight excluding hydrogens is 262 g/mol. The van der Waals surface area contributed by atoms with Crippen LogP contribution in [0.1, 0.15) is 35.0 Å². The number of aryl methyl sites for hydroxylation is 2. The zero-order chi connectivity index (χ0) is 14.7. The summed E-state index contributed by atoms with van der Waals surface area (Å²) in [6.07, 6.45) is 1.35. The number of aromatic nitrogens is 2. The van der Waals surface area contributed by atoms with Crippen LogP contribution in [0.4, 0.5) is 0 Å². The van der Waals surface area contributed by atoms with E-state index in [1.807, 2.05) is 6.92 Å². The number of hydrogen-bond acceptors (Lipinski definition) is 3. The molecule has 2 N–H and O–H groups in total. The predicted molar refractivity (Wildman–Crippen MR) is 83.0 cm³/mol. The molecule has 1 aromatic carbocycles. The molecule has 1 saturated heterocycles. The smallest absolute Gasteiger partial charge is 0.0866 e. The first kappa shape index (κ1) is 14.3. The Morgan fingerprint density at radius 3 is 2.81 bits per heavy atom. The van der Waals surface area contributed by atoms with Gasteiger partial charge in [0.25, 0.3) is 0 Å². The standard InChI is InChI=1S/C17H23N3O/c1-12-16(13(2)20-19-12)11-18-10-15-8-9-21-17(15)14-6-4-3-5-7-14/h3-7,15,17-18H,8-11H2,1-2H3,(H,19,20)/t15-,17-/m1/s1. The van der Waals surface area contributed by atoms with Crippen molar-refractivity contribution in [2.24, 2.45) is 5.92 Å². The van der Waals surface area contributed by atoms with Gasteiger partial charge in [0.2, 0.25) is 0 Å². The van der Waals surface area contributed by atoms with Crippen molar-refractivity contribution in [3.8, 4) is 0 Å². The second kappa shape index (κ2) is 6.41. The highest BCUT2D eigenvalue weighted by Gasteiger charge is 2.29. The van der Waals surface area contributed by atoms with Crippen LogP contribution in [-0.4, -0.2) is 23.3 Å². The molecule has 4 nitrogen and oxygen atoms in total. The van der Waals surface area contributed by atoms with Crippen LogP contribution in [0.2, 0.25) is 0 Å². The lowest BCUT2D eigenvalue weighted by atomic mass is 9.95. The molecule has 1 aliphatic heterocycles. The Morgan fingerprint density at radius 1 is 1.29 bits per heavy atom. The topological polar surface area (TPSA) is 49.9 Å². The molecule has 112 valence electrons. The fraction of sp³-hybridized carbons (Fsp3) is 0.471. The molecular formula is C17H23N3O. The average Bonchev–Trinajstić information content (AvgIpc) is 3.09. The number of benzene rings is 1. The maximum Gasteiger partial charge on any atom is 0.0866 e. The van der Waals surface area contributed by atoms with Gasteiger partial charge in [0, 0.05) is 36.9 Å². The molecule has 0 bridgehead atoms. The third-order valence-corrected chi connectivity index (χ3v) is 4.33. The van der Waals surface area contributed by atoms with Gasteiger partial charge >= 0.3 is 0 Å². The van der Waals surface area contributed by atoms with Crippen molar-refractivity contribution in [1.29, 1.82) is 0 Å². The molecule has 2 aromatic rings. The third-order valence-electron chi connectivity index (χ3n) is 4.33. The summed E-state index contributed by atoms with van der Waals surface area (Å²) in [4.78, 5) is 0. The van der Waals surface area contributed by atoms with Crippen LogP contribution in [0, 0.1) is 19.8 Å². The van der Waals surface area contributed by atoms with Crippen molar-refractivity contribution in [3.63, 3.8) is 0 Å². The lowest BCUT2D eigenvalue weighted by Crippen LogP contribution is -2.25. The van der Waals surface area contributed by atoms with Gasteiger partial charge in [0.1, 0.15) is 0 Å². The van der Waals surface area contributed by atoms with Gasteiger partial charge in [-0.1, -0.05) is 30.3 Å². The van der Waals surface area contributed by atoms with Crippen molar-refractivity contribution in [1.82, 2.24) is 15.5 Å². The molecule has 21 heavy (non-hydrogen) atoms. The summed E-state index contributed by atoms with van der Waals surface area (Å²) in [6, 6.07) is 10.5. The van der Waals surface area contributed by atoms with Crippen LogP contribution >= 0.6 is 0 Å². The third kappa shape index (κ3) is 3.17. The Morgan fingerprint density at radius 2 is 2.10 bits per heavy atom. The van der Waals surface area contributed by atoms with E-state index in [0.717, 1.165) is 37.5 Å². The molecule has 0 unspecified atom stereocenters. The number of aromatic amines is 1. The van der Waals surface area contributed by atoms with Crippen LogP contribution in [-0.2, 0) is 11.3 Å². The summed E-state index contributed by atoms with van der Waals surface area (Å²) < 4.78 is 5.93. The highest BCUT2D eigenvalue weighted by atomic mass is 16.5. The fourth-order valence-corrected chi connectivity index (χ4v) is 3.07. The summed E-state index contributed by atoms with van der Waals surface area (Å²) in [5.41, 5.74) is 4.81. The number of nitrogens with one attached hydrogen (secondary N) is 2. The maximum atomic E-state index is 5.93. The molecule has 1 aliphatic rings. The molecule has 0 aliphatic carbocycles. The summed E-state index contributed by atoms with van der Waals surface area (Å²) in [7, 11) is 0. The summed E-state index contributed by atoms with van der Waals surface area (Å²) >= 11 is 0. The quantitative estimate of drug-likeness (QED) is 0.888. The van der Waals surface area contributed by atoms with Gasteiger partial charge in [-0.15, -0.1) is 0 Å². The summed E-state index contributed by atoms with van der Waals surface area (Å²) in [5, 5.41) is 10.8. The minimum absolute atomic E-state index is 0.227. The highest BCUT2D eigenvalue weighted by Crippen LogP contribution is 2.33. The number of H-pyrrole nitrogens is 1. The van der Waals surface area contributed by atoms with E-state index in [0.29, 0.717) is 5.92 Å². The van der Waals surface area contributed by atoms with E-state index in [4.69, 9.17) is 4.74 Å². The predicted octanol–water partition coefficient (Wildman–Crippen LogP) is 2.89. The van der Waals surface area contributed by atoms with E-state index in [1.165, 1.54) is 11.1 Å². The normalized spacial score (nSPS) is 21.8. The van der Waals surface area contributed by atoms with Gasteiger partial charge in [0.15, 0.2) is 0 Å². The van der Waals surface area contributed by atoms with Crippen LogP contribution in [0.15, 0.2) is 30.3 Å². The molecule has 0 spiro atoms. The molecule has 1 aromatic heterocycles. The van der Waals surface area contributed by atoms with E-state index < -0.39 is 0 Å². The molecule has 0 saturated carbocycles. The lowest BCUT2D eigenvalue weighted by molar-refractivity contribution is 0.0904. The largest absolute Gasteiger partial charge is 0.373 e. The Bertz CT molecular complexity index is 559. The first-order valence-electron chi connectivity index (χ1n) is 7.63. The van der Waals surface area contributed by atoms with Crippen LogP contribution in [0.25, 0.3) is 0 Å². The number of rotatable bonds is 5. The van der Waals surface area contributed by atoms with Gasteiger partial charge < -0.3 is 10.1 Å². The van der Waals surface area contributed by atoms with Gasteiger partial charge in [-0.2, -0.15) is 5.10 Å². The molecule has 2 heterocycles. The Balaban J connectivity index is 1.57. The second-order valence-electron chi connectivity index (χ2n) is 5.79. The van der Waals surface area contributed by atoms with Crippen LogP contribution in [0.5, 0.6) is 0 Å². The molecule has 0 radical (unpaired) electrons.